The van der Waals surface area contributed by atoms with Crippen molar-refractivity contribution in [1.82, 2.24) is 19.5 Å². The third-order valence-corrected chi connectivity index (χ3v) is 4.59. The predicted molar refractivity (Wildman–Crippen MR) is 93.8 cm³/mol. The highest BCUT2D eigenvalue weighted by molar-refractivity contribution is 5.82. The molecule has 5 N–H and O–H groups in total. The van der Waals surface area contributed by atoms with Crippen molar-refractivity contribution < 1.29 is 25.2 Å². The summed E-state index contributed by atoms with van der Waals surface area (Å²) in [7, 11) is 0. The fourth-order valence-corrected chi connectivity index (χ4v) is 3.12. The molecule has 3 aromatic rings. The van der Waals surface area contributed by atoms with Crippen molar-refractivity contribution in [2.24, 2.45) is 0 Å². The van der Waals surface area contributed by atoms with Gasteiger partial charge in [0, 0.05) is 12.1 Å². The van der Waals surface area contributed by atoms with Crippen LogP contribution in [-0.2, 0) is 11.3 Å². The van der Waals surface area contributed by atoms with Gasteiger partial charge >= 0.3 is 0 Å². The van der Waals surface area contributed by atoms with Crippen LogP contribution in [0.1, 0.15) is 11.8 Å². The lowest BCUT2D eigenvalue weighted by molar-refractivity contribution is -0.0511. The number of anilines is 1. The van der Waals surface area contributed by atoms with Gasteiger partial charge in [0.05, 0.1) is 12.9 Å². The third-order valence-electron chi connectivity index (χ3n) is 4.59. The average Bonchev–Trinajstić information content (AvgIpc) is 3.23. The fraction of sp³-hybridized carbons (Fsp3) is 0.353. The molecule has 1 aromatic carbocycles. The number of rotatable bonds is 5. The molecule has 142 valence electrons. The fourth-order valence-electron chi connectivity index (χ4n) is 3.12. The molecular weight excluding hydrogens is 354 g/mol. The van der Waals surface area contributed by atoms with Gasteiger partial charge in [-0.05, 0) is 6.07 Å². The van der Waals surface area contributed by atoms with E-state index in [4.69, 9.17) is 4.74 Å². The second-order valence-corrected chi connectivity index (χ2v) is 6.26. The van der Waals surface area contributed by atoms with Gasteiger partial charge in [0.2, 0.25) is 0 Å². The molecule has 0 unspecified atom stereocenters. The van der Waals surface area contributed by atoms with Gasteiger partial charge in [-0.3, -0.25) is 4.57 Å². The molecule has 1 aliphatic heterocycles. The molecule has 10 heteroatoms. The Morgan fingerprint density at radius 3 is 2.67 bits per heavy atom. The number of fused-ring (bicyclic) bond motifs is 1. The molecule has 0 aliphatic carbocycles. The Morgan fingerprint density at radius 1 is 1.11 bits per heavy atom. The number of phenolic OH excluding ortho intramolecular Hbond substituents is 1. The maximum Gasteiger partial charge on any atom is 0.167 e. The van der Waals surface area contributed by atoms with Crippen LogP contribution >= 0.6 is 0 Å². The maximum atomic E-state index is 10.2. The van der Waals surface area contributed by atoms with Crippen LogP contribution in [-0.4, -0.2) is 64.9 Å². The van der Waals surface area contributed by atoms with E-state index in [1.165, 1.54) is 17.2 Å². The second-order valence-electron chi connectivity index (χ2n) is 6.26. The average molecular weight is 373 g/mol. The van der Waals surface area contributed by atoms with Crippen LogP contribution in [0.5, 0.6) is 5.75 Å². The van der Waals surface area contributed by atoms with Crippen LogP contribution in [0, 0.1) is 0 Å². The van der Waals surface area contributed by atoms with Crippen LogP contribution in [0.15, 0.2) is 36.9 Å². The molecule has 10 nitrogen and oxygen atoms in total. The van der Waals surface area contributed by atoms with Crippen LogP contribution in [0.3, 0.4) is 0 Å². The van der Waals surface area contributed by atoms with Crippen molar-refractivity contribution in [2.75, 3.05) is 11.9 Å². The normalized spacial score (nSPS) is 25.1. The molecule has 0 saturated carbocycles. The lowest BCUT2D eigenvalue weighted by Gasteiger charge is -2.16. The van der Waals surface area contributed by atoms with Crippen LogP contribution in [0.2, 0.25) is 0 Å². The topological polar surface area (TPSA) is 146 Å². The maximum absolute atomic E-state index is 10.2. The molecule has 1 saturated heterocycles. The number of benzene rings is 1. The summed E-state index contributed by atoms with van der Waals surface area (Å²) in [5.74, 6) is 0.626. The Hall–Kier alpha value is -2.79. The predicted octanol–water partition coefficient (Wildman–Crippen LogP) is -0.245. The highest BCUT2D eigenvalue weighted by Crippen LogP contribution is 2.32. The van der Waals surface area contributed by atoms with Gasteiger partial charge in [0.15, 0.2) is 23.2 Å². The van der Waals surface area contributed by atoms with Crippen molar-refractivity contribution in [3.8, 4) is 5.75 Å². The number of aromatic nitrogens is 4. The van der Waals surface area contributed by atoms with Crippen molar-refractivity contribution in [3.63, 3.8) is 0 Å². The number of para-hydroxylation sites is 1. The van der Waals surface area contributed by atoms with E-state index < -0.39 is 31.1 Å². The summed E-state index contributed by atoms with van der Waals surface area (Å²) in [6.45, 7) is -0.0801. The Bertz CT molecular complexity index is 948. The van der Waals surface area contributed by atoms with E-state index in [0.717, 1.165) is 0 Å². The molecule has 0 bridgehead atoms. The number of nitrogens with one attached hydrogen (secondary N) is 1. The van der Waals surface area contributed by atoms with E-state index in [1.54, 1.807) is 18.2 Å². The molecule has 1 aliphatic rings. The number of ether oxygens (including phenoxy) is 1. The highest BCUT2D eigenvalue weighted by atomic mass is 16.6. The first-order chi connectivity index (χ1) is 13.1. The first-order valence-electron chi connectivity index (χ1n) is 8.41. The third kappa shape index (κ3) is 3.08. The molecule has 2 aromatic heterocycles. The Kier molecular flexibility index (Phi) is 4.62. The summed E-state index contributed by atoms with van der Waals surface area (Å²) in [6.07, 6.45) is -1.48. The van der Waals surface area contributed by atoms with Gasteiger partial charge in [-0.15, -0.1) is 0 Å². The van der Waals surface area contributed by atoms with E-state index in [-0.39, 0.29) is 5.75 Å². The molecule has 0 amide bonds. The van der Waals surface area contributed by atoms with Crippen molar-refractivity contribution >= 4 is 17.0 Å². The van der Waals surface area contributed by atoms with E-state index in [9.17, 15) is 20.4 Å². The van der Waals surface area contributed by atoms with Gasteiger partial charge in [0.25, 0.3) is 0 Å². The number of nitrogens with zero attached hydrogens (tertiary/aromatic N) is 4. The van der Waals surface area contributed by atoms with Crippen molar-refractivity contribution in [3.05, 3.63) is 42.5 Å². The van der Waals surface area contributed by atoms with Crippen LogP contribution < -0.4 is 5.32 Å². The second kappa shape index (κ2) is 7.08. The molecule has 0 radical (unpaired) electrons. The minimum atomic E-state index is -1.23. The summed E-state index contributed by atoms with van der Waals surface area (Å²) >= 11 is 0. The minimum Gasteiger partial charge on any atom is -0.508 e. The Labute approximate surface area is 153 Å². The van der Waals surface area contributed by atoms with Crippen molar-refractivity contribution in [2.45, 2.75) is 31.1 Å². The van der Waals surface area contributed by atoms with E-state index in [0.29, 0.717) is 29.1 Å². The zero-order chi connectivity index (χ0) is 19.0. The van der Waals surface area contributed by atoms with Gasteiger partial charge in [-0.2, -0.15) is 0 Å². The molecule has 0 spiro atoms. The smallest absolute Gasteiger partial charge is 0.167 e. The van der Waals surface area contributed by atoms with Crippen molar-refractivity contribution in [1.29, 1.82) is 0 Å². The number of imidazole rings is 1. The number of phenols is 1. The molecule has 4 rings (SSSR count). The Morgan fingerprint density at radius 2 is 1.93 bits per heavy atom. The first kappa shape index (κ1) is 17.6. The number of hydrogen-bond acceptors (Lipinski definition) is 9. The first-order valence-corrected chi connectivity index (χ1v) is 8.41. The quantitative estimate of drug-likeness (QED) is 0.409. The summed E-state index contributed by atoms with van der Waals surface area (Å²) in [5.41, 5.74) is 1.55. The molecular formula is C17H19N5O5. The van der Waals surface area contributed by atoms with Crippen LogP contribution in [0.25, 0.3) is 11.2 Å². The molecule has 27 heavy (non-hydrogen) atoms. The van der Waals surface area contributed by atoms with E-state index in [2.05, 4.69) is 20.3 Å². The SMILES string of the molecule is OC[C@H]1O[C@@H](n2cnc3c(NCc4ccccc4O)ncnc32)[C@@H](O)[C@H]1O. The summed E-state index contributed by atoms with van der Waals surface area (Å²) < 4.78 is 7.02. The van der Waals surface area contributed by atoms with Gasteiger partial charge < -0.3 is 30.5 Å². The number of aromatic hydroxyl groups is 1. The van der Waals surface area contributed by atoms with Gasteiger partial charge in [0.1, 0.15) is 30.4 Å². The monoisotopic (exact) mass is 373 g/mol. The zero-order valence-corrected chi connectivity index (χ0v) is 14.2. The largest absolute Gasteiger partial charge is 0.508 e. The summed E-state index contributed by atoms with van der Waals surface area (Å²) in [4.78, 5) is 12.7. The van der Waals surface area contributed by atoms with Gasteiger partial charge in [-0.25, -0.2) is 15.0 Å². The van der Waals surface area contributed by atoms with E-state index >= 15 is 0 Å². The van der Waals surface area contributed by atoms with Crippen LogP contribution in [0.4, 0.5) is 5.82 Å². The Balaban J connectivity index is 1.61. The summed E-state index contributed by atoms with van der Waals surface area (Å²) in [5, 5.41) is 42.4. The standard InChI is InChI=1S/C17H19N5O5/c23-6-11-13(25)14(26)17(27-11)22-8-21-12-15(19-7-20-16(12)22)18-5-9-3-1-2-4-10(9)24/h1-4,7-8,11,13-14,17,23-26H,5-6H2,(H,18,19,20)/t11-,13+,14+,17-/m1/s1. The lowest BCUT2D eigenvalue weighted by atomic mass is 10.1. The number of aliphatic hydroxyl groups excluding tert-OH is 3. The molecule has 3 heterocycles. The minimum absolute atomic E-state index is 0.173. The molecule has 4 atom stereocenters. The highest BCUT2D eigenvalue weighted by Gasteiger charge is 2.44. The number of hydrogen-bond donors (Lipinski definition) is 5. The summed E-state index contributed by atoms with van der Waals surface area (Å²) in [6, 6.07) is 6.95. The van der Waals surface area contributed by atoms with E-state index in [1.807, 2.05) is 6.07 Å². The lowest BCUT2D eigenvalue weighted by Crippen LogP contribution is -2.33. The molecule has 1 fully saturated rings. The van der Waals surface area contributed by atoms with Gasteiger partial charge in [-0.1, -0.05) is 18.2 Å². The number of aliphatic hydroxyl groups is 3. The zero-order valence-electron chi connectivity index (χ0n) is 14.2.